The van der Waals surface area contributed by atoms with Crippen molar-refractivity contribution in [3.05, 3.63) is 77.9 Å². The van der Waals surface area contributed by atoms with Crippen LogP contribution in [0.5, 0.6) is 0 Å². The average molecular weight is 498 g/mol. The molecule has 11 heteroatoms. The number of benzene rings is 2. The van der Waals surface area contributed by atoms with Gasteiger partial charge in [0.1, 0.15) is 6.61 Å². The fourth-order valence-electron chi connectivity index (χ4n) is 3.59. The van der Waals surface area contributed by atoms with Crippen LogP contribution in [-0.2, 0) is 27.9 Å². The molecule has 0 radical (unpaired) electrons. The molecule has 3 aromatic rings. The maximum Gasteiger partial charge on any atom is 0.411 e. The molecule has 35 heavy (non-hydrogen) atoms. The molecule has 184 valence electrons. The standard InChI is InChI=1S/C24H27N5O5S/c1-3-11-32-24(31)25-19-6-4-5-18(12-19)22-33-20(15-35-23-26-27-28-29(23)2)13-21(34-22)17-9-7-16(14-30)8-10-17/h3-10,12,20-22,30H,1,11,13-15H2,2H3,(H,25,31)/t20-,21+,22+/m1/s1. The third kappa shape index (κ3) is 6.67. The Morgan fingerprint density at radius 1 is 1.29 bits per heavy atom. The molecule has 1 fully saturated rings. The highest BCUT2D eigenvalue weighted by molar-refractivity contribution is 7.99. The lowest BCUT2D eigenvalue weighted by atomic mass is 10.0. The van der Waals surface area contributed by atoms with Gasteiger partial charge in [0.05, 0.1) is 18.8 Å². The van der Waals surface area contributed by atoms with Gasteiger partial charge >= 0.3 is 6.09 Å². The van der Waals surface area contributed by atoms with Crippen molar-refractivity contribution >= 4 is 23.5 Å². The van der Waals surface area contributed by atoms with Gasteiger partial charge < -0.3 is 19.3 Å². The summed E-state index contributed by atoms with van der Waals surface area (Å²) in [6, 6.07) is 15.0. The van der Waals surface area contributed by atoms with Crippen molar-refractivity contribution in [1.29, 1.82) is 0 Å². The minimum absolute atomic E-state index is 0.0163. The molecule has 2 heterocycles. The molecule has 0 spiro atoms. The maximum atomic E-state index is 11.9. The molecular formula is C24H27N5O5S. The lowest BCUT2D eigenvalue weighted by Gasteiger charge is -2.36. The van der Waals surface area contributed by atoms with Crippen LogP contribution in [0.1, 0.15) is 35.5 Å². The minimum atomic E-state index is -0.652. The summed E-state index contributed by atoms with van der Waals surface area (Å²) in [4.78, 5) is 11.9. The van der Waals surface area contributed by atoms with E-state index in [1.54, 1.807) is 23.9 Å². The van der Waals surface area contributed by atoms with Crippen LogP contribution in [-0.4, -0.2) is 49.9 Å². The molecule has 0 aliphatic carbocycles. The lowest BCUT2D eigenvalue weighted by molar-refractivity contribution is -0.245. The highest BCUT2D eigenvalue weighted by Crippen LogP contribution is 2.39. The van der Waals surface area contributed by atoms with Crippen LogP contribution in [0.4, 0.5) is 10.5 Å². The topological polar surface area (TPSA) is 121 Å². The van der Waals surface area contributed by atoms with Gasteiger partial charge in [-0.05, 0) is 33.7 Å². The predicted molar refractivity (Wildman–Crippen MR) is 130 cm³/mol. The van der Waals surface area contributed by atoms with Crippen molar-refractivity contribution in [1.82, 2.24) is 20.2 Å². The summed E-state index contributed by atoms with van der Waals surface area (Å²) < 4.78 is 19.3. The molecule has 1 amide bonds. The van der Waals surface area contributed by atoms with Crippen LogP contribution in [0.3, 0.4) is 0 Å². The van der Waals surface area contributed by atoms with Crippen LogP contribution in [0.2, 0.25) is 0 Å². The number of rotatable bonds is 9. The van der Waals surface area contributed by atoms with E-state index in [0.717, 1.165) is 16.7 Å². The number of hydrogen-bond donors (Lipinski definition) is 2. The molecule has 2 aromatic carbocycles. The monoisotopic (exact) mass is 497 g/mol. The number of aliphatic hydroxyl groups excluding tert-OH is 1. The van der Waals surface area contributed by atoms with Crippen molar-refractivity contribution in [2.75, 3.05) is 17.7 Å². The van der Waals surface area contributed by atoms with E-state index >= 15 is 0 Å². The zero-order valence-corrected chi connectivity index (χ0v) is 20.1. The number of ether oxygens (including phenoxy) is 3. The van der Waals surface area contributed by atoms with Gasteiger partial charge in [-0.25, -0.2) is 9.48 Å². The van der Waals surface area contributed by atoms with Gasteiger partial charge in [0, 0.05) is 30.5 Å². The molecule has 3 atom stereocenters. The number of carbonyl (C=O) groups excluding carboxylic acids is 1. The molecule has 1 aromatic heterocycles. The number of nitrogens with one attached hydrogen (secondary N) is 1. The van der Waals surface area contributed by atoms with E-state index in [9.17, 15) is 9.90 Å². The smallest absolute Gasteiger partial charge is 0.411 e. The van der Waals surface area contributed by atoms with Crippen molar-refractivity contribution in [3.63, 3.8) is 0 Å². The van der Waals surface area contributed by atoms with E-state index in [1.807, 2.05) is 36.4 Å². The van der Waals surface area contributed by atoms with E-state index in [0.29, 0.717) is 23.0 Å². The number of amides is 1. The van der Waals surface area contributed by atoms with Crippen molar-refractivity contribution in [2.24, 2.45) is 7.05 Å². The quantitative estimate of drug-likeness (QED) is 0.336. The van der Waals surface area contributed by atoms with E-state index in [4.69, 9.17) is 14.2 Å². The Morgan fingerprint density at radius 2 is 2.11 bits per heavy atom. The Bertz CT molecular complexity index is 1140. The molecule has 0 unspecified atom stereocenters. The van der Waals surface area contributed by atoms with Gasteiger partial charge in [0.25, 0.3) is 0 Å². The zero-order chi connectivity index (χ0) is 24.6. The number of aliphatic hydroxyl groups is 1. The van der Waals surface area contributed by atoms with Gasteiger partial charge in [0.15, 0.2) is 6.29 Å². The van der Waals surface area contributed by atoms with Crippen LogP contribution in [0.15, 0.2) is 66.3 Å². The molecule has 1 saturated heterocycles. The van der Waals surface area contributed by atoms with Gasteiger partial charge in [-0.2, -0.15) is 0 Å². The SMILES string of the molecule is C=CCOC(=O)Nc1cccc([C@H]2O[C@@H](CSc3nnnn3C)C[C@@H](c3ccc(CO)cc3)O2)c1. The first-order valence-electron chi connectivity index (χ1n) is 11.1. The number of anilines is 1. The van der Waals surface area contributed by atoms with Crippen LogP contribution in [0, 0.1) is 0 Å². The summed E-state index contributed by atoms with van der Waals surface area (Å²) in [6.07, 6.45) is 0.550. The molecular weight excluding hydrogens is 470 g/mol. The molecule has 10 nitrogen and oxygen atoms in total. The molecule has 4 rings (SSSR count). The highest BCUT2D eigenvalue weighted by atomic mass is 32.2. The van der Waals surface area contributed by atoms with E-state index < -0.39 is 12.4 Å². The summed E-state index contributed by atoms with van der Waals surface area (Å²) >= 11 is 1.51. The summed E-state index contributed by atoms with van der Waals surface area (Å²) in [6.45, 7) is 3.64. The summed E-state index contributed by atoms with van der Waals surface area (Å²) in [5, 5.41) is 24.4. The number of nitrogens with zero attached hydrogens (tertiary/aromatic N) is 4. The van der Waals surface area contributed by atoms with Crippen LogP contribution >= 0.6 is 11.8 Å². The fourth-order valence-corrected chi connectivity index (χ4v) is 4.45. The predicted octanol–water partition coefficient (Wildman–Crippen LogP) is 3.77. The Hall–Kier alpha value is -3.25. The number of tetrazole rings is 1. The lowest BCUT2D eigenvalue weighted by Crippen LogP contribution is -2.31. The molecule has 1 aliphatic rings. The Balaban J connectivity index is 1.52. The van der Waals surface area contributed by atoms with Crippen LogP contribution < -0.4 is 5.32 Å². The van der Waals surface area contributed by atoms with Crippen molar-refractivity contribution in [2.45, 2.75) is 36.7 Å². The second kappa shape index (κ2) is 11.9. The summed E-state index contributed by atoms with van der Waals surface area (Å²) in [5.74, 6) is 0.630. The second-order valence-electron chi connectivity index (χ2n) is 7.88. The first-order valence-corrected chi connectivity index (χ1v) is 12.0. The molecule has 0 bridgehead atoms. The van der Waals surface area contributed by atoms with Gasteiger partial charge in [-0.3, -0.25) is 5.32 Å². The molecule has 2 N–H and O–H groups in total. The van der Waals surface area contributed by atoms with Gasteiger partial charge in [0.2, 0.25) is 5.16 Å². The largest absolute Gasteiger partial charge is 0.445 e. The number of aromatic nitrogens is 4. The highest BCUT2D eigenvalue weighted by Gasteiger charge is 2.32. The Kier molecular flexibility index (Phi) is 8.48. The third-order valence-corrected chi connectivity index (χ3v) is 6.47. The summed E-state index contributed by atoms with van der Waals surface area (Å²) in [5.41, 5.74) is 3.15. The number of thioether (sulfide) groups is 1. The van der Waals surface area contributed by atoms with E-state index in [-0.39, 0.29) is 25.4 Å². The number of hydrogen-bond acceptors (Lipinski definition) is 9. The second-order valence-corrected chi connectivity index (χ2v) is 8.87. The Morgan fingerprint density at radius 3 is 2.83 bits per heavy atom. The Labute approximate surface area is 207 Å². The zero-order valence-electron chi connectivity index (χ0n) is 19.2. The minimum Gasteiger partial charge on any atom is -0.445 e. The number of aryl methyl sites for hydroxylation is 1. The first-order chi connectivity index (χ1) is 17.1. The number of carbonyl (C=O) groups is 1. The van der Waals surface area contributed by atoms with Crippen molar-refractivity contribution in [3.8, 4) is 0 Å². The third-order valence-electron chi connectivity index (χ3n) is 5.33. The molecule has 0 saturated carbocycles. The normalized spacial score (nSPS) is 19.8. The van der Waals surface area contributed by atoms with Crippen molar-refractivity contribution < 1.29 is 24.1 Å². The van der Waals surface area contributed by atoms with Crippen LogP contribution in [0.25, 0.3) is 0 Å². The first kappa shape index (κ1) is 24.9. The summed E-state index contributed by atoms with van der Waals surface area (Å²) in [7, 11) is 1.79. The van der Waals surface area contributed by atoms with Gasteiger partial charge in [-0.1, -0.05) is 60.8 Å². The van der Waals surface area contributed by atoms with E-state index in [2.05, 4.69) is 27.4 Å². The molecule has 1 aliphatic heterocycles. The average Bonchev–Trinajstić information content (AvgIpc) is 3.30. The van der Waals surface area contributed by atoms with Gasteiger partial charge in [-0.15, -0.1) is 5.10 Å². The fraction of sp³-hybridized carbons (Fsp3) is 0.333. The maximum absolute atomic E-state index is 11.9. The van der Waals surface area contributed by atoms with E-state index in [1.165, 1.54) is 17.8 Å².